The Morgan fingerprint density at radius 1 is 1.13 bits per heavy atom. The van der Waals surface area contributed by atoms with Gasteiger partial charge < -0.3 is 30.3 Å². The second-order valence-electron chi connectivity index (χ2n) is 9.45. The summed E-state index contributed by atoms with van der Waals surface area (Å²) in [6.45, 7) is 6.08. The summed E-state index contributed by atoms with van der Waals surface area (Å²) < 4.78 is 5.69. The molecule has 2 aliphatic heterocycles. The smallest absolute Gasteiger partial charge is 0.330 e. The van der Waals surface area contributed by atoms with E-state index in [1.165, 1.54) is 25.3 Å². The molecular weight excluding hydrogens is 482 g/mol. The first kappa shape index (κ1) is 25.3. The van der Waals surface area contributed by atoms with Crippen LogP contribution in [0.25, 0.3) is 0 Å². The molecule has 1 unspecified atom stereocenters. The van der Waals surface area contributed by atoms with Crippen LogP contribution in [0.1, 0.15) is 24.8 Å². The normalized spacial score (nSPS) is 16.1. The molecule has 0 saturated carbocycles. The molecule has 2 amide bonds. The molecule has 0 aliphatic carbocycles. The molecule has 10 heteroatoms. The molecule has 1 atom stereocenters. The van der Waals surface area contributed by atoms with Gasteiger partial charge in [-0.2, -0.15) is 4.98 Å². The highest BCUT2D eigenvalue weighted by Gasteiger charge is 2.31. The Kier molecular flexibility index (Phi) is 7.32. The first-order chi connectivity index (χ1) is 18.5. The summed E-state index contributed by atoms with van der Waals surface area (Å²) in [5.74, 6) is 1.55. The highest BCUT2D eigenvalue weighted by atomic mass is 16.5. The zero-order valence-corrected chi connectivity index (χ0v) is 21.7. The number of methoxy groups -OCH3 is 1. The van der Waals surface area contributed by atoms with E-state index in [1.807, 2.05) is 30.3 Å². The van der Waals surface area contributed by atoms with Crippen molar-refractivity contribution in [2.45, 2.75) is 32.0 Å². The quantitative estimate of drug-likeness (QED) is 0.289. The number of aromatic nitrogens is 2. The van der Waals surface area contributed by atoms with E-state index in [1.54, 1.807) is 36.2 Å². The highest BCUT2D eigenvalue weighted by Crippen LogP contribution is 2.36. The third-order valence-corrected chi connectivity index (χ3v) is 6.77. The van der Waals surface area contributed by atoms with E-state index in [0.29, 0.717) is 35.4 Å². The number of fused-ring (bicyclic) bond motifs is 1. The van der Waals surface area contributed by atoms with Crippen molar-refractivity contribution in [1.29, 1.82) is 0 Å². The first-order valence-electron chi connectivity index (χ1n) is 12.7. The number of aliphatic hydroxyl groups excluding tert-OH is 1. The number of rotatable bonds is 8. The zero-order chi connectivity index (χ0) is 26.6. The summed E-state index contributed by atoms with van der Waals surface area (Å²) >= 11 is 0. The number of hydrogen-bond donors (Lipinski definition) is 3. The molecule has 3 aromatic rings. The summed E-state index contributed by atoms with van der Waals surface area (Å²) in [6.07, 6.45) is 5.88. The van der Waals surface area contributed by atoms with Gasteiger partial charge in [0.05, 0.1) is 25.0 Å². The third kappa shape index (κ3) is 5.21. The third-order valence-electron chi connectivity index (χ3n) is 6.77. The first-order valence-corrected chi connectivity index (χ1v) is 12.7. The van der Waals surface area contributed by atoms with Crippen LogP contribution in [0.15, 0.2) is 61.3 Å². The maximum Gasteiger partial charge on any atom is 0.330 e. The van der Waals surface area contributed by atoms with Gasteiger partial charge in [0.1, 0.15) is 12.0 Å². The molecule has 0 bridgehead atoms. The van der Waals surface area contributed by atoms with Crippen LogP contribution in [-0.2, 0) is 6.54 Å². The number of nitrogens with one attached hydrogen (secondary N) is 2. The molecule has 3 heterocycles. The van der Waals surface area contributed by atoms with Crippen LogP contribution >= 0.6 is 0 Å². The van der Waals surface area contributed by atoms with Crippen molar-refractivity contribution in [3.8, 4) is 5.75 Å². The number of nitrogens with zero attached hydrogens (tertiary/aromatic N) is 5. The van der Waals surface area contributed by atoms with Gasteiger partial charge in [-0.3, -0.25) is 0 Å². The van der Waals surface area contributed by atoms with Gasteiger partial charge in [0.15, 0.2) is 5.82 Å². The predicted molar refractivity (Wildman–Crippen MR) is 150 cm³/mol. The van der Waals surface area contributed by atoms with Crippen LogP contribution in [0.3, 0.4) is 0 Å². The van der Waals surface area contributed by atoms with Crippen molar-refractivity contribution in [2.24, 2.45) is 0 Å². The van der Waals surface area contributed by atoms with Gasteiger partial charge in [-0.1, -0.05) is 12.6 Å². The van der Waals surface area contributed by atoms with E-state index < -0.39 is 6.23 Å². The van der Waals surface area contributed by atoms with Gasteiger partial charge in [0.2, 0.25) is 5.95 Å². The zero-order valence-electron chi connectivity index (χ0n) is 21.7. The number of hydrogen-bond acceptors (Lipinski definition) is 8. The van der Waals surface area contributed by atoms with Crippen LogP contribution in [0, 0.1) is 0 Å². The SMILES string of the molecule is C=CC(O)Nc1cccc(N2C(=O)N(C)Cc3cnc(Nc4ccc(N5CCCCC5)cc4OC)nc32)c1. The van der Waals surface area contributed by atoms with Crippen LogP contribution < -0.4 is 25.2 Å². The van der Waals surface area contributed by atoms with E-state index >= 15 is 0 Å². The van der Waals surface area contributed by atoms with Crippen molar-refractivity contribution < 1.29 is 14.6 Å². The average molecular weight is 516 g/mol. The average Bonchev–Trinajstić information content (AvgIpc) is 2.94. The highest BCUT2D eigenvalue weighted by molar-refractivity contribution is 6.01. The van der Waals surface area contributed by atoms with Gasteiger partial charge in [-0.15, -0.1) is 0 Å². The predicted octanol–water partition coefficient (Wildman–Crippen LogP) is 4.84. The Balaban J connectivity index is 1.45. The molecule has 0 radical (unpaired) electrons. The van der Waals surface area contributed by atoms with Crippen molar-refractivity contribution in [3.63, 3.8) is 0 Å². The minimum absolute atomic E-state index is 0.216. The number of amides is 2. The molecule has 1 aromatic heterocycles. The van der Waals surface area contributed by atoms with Crippen molar-refractivity contribution in [1.82, 2.24) is 14.9 Å². The second-order valence-corrected chi connectivity index (χ2v) is 9.45. The number of anilines is 6. The summed E-state index contributed by atoms with van der Waals surface area (Å²) in [7, 11) is 3.39. The molecule has 0 spiro atoms. The maximum atomic E-state index is 13.3. The number of aliphatic hydroxyl groups is 1. The Hall–Kier alpha value is -4.31. The van der Waals surface area contributed by atoms with Gasteiger partial charge in [0, 0.05) is 49.3 Å². The summed E-state index contributed by atoms with van der Waals surface area (Å²) in [4.78, 5) is 28.1. The number of urea groups is 1. The van der Waals surface area contributed by atoms with E-state index in [9.17, 15) is 9.90 Å². The molecule has 1 saturated heterocycles. The largest absolute Gasteiger partial charge is 0.494 e. The molecule has 1 fully saturated rings. The van der Waals surface area contributed by atoms with E-state index in [2.05, 4.69) is 33.2 Å². The maximum absolute atomic E-state index is 13.3. The lowest BCUT2D eigenvalue weighted by Gasteiger charge is -2.34. The Morgan fingerprint density at radius 2 is 1.95 bits per heavy atom. The molecule has 3 N–H and O–H groups in total. The van der Waals surface area contributed by atoms with Crippen LogP contribution in [0.5, 0.6) is 5.75 Å². The van der Waals surface area contributed by atoms with Gasteiger partial charge >= 0.3 is 6.03 Å². The van der Waals surface area contributed by atoms with E-state index in [4.69, 9.17) is 9.72 Å². The number of carbonyl (C=O) groups is 1. The van der Waals surface area contributed by atoms with E-state index in [0.717, 1.165) is 30.0 Å². The monoisotopic (exact) mass is 515 g/mol. The molecule has 198 valence electrons. The van der Waals surface area contributed by atoms with Crippen molar-refractivity contribution in [2.75, 3.05) is 47.7 Å². The fourth-order valence-electron chi connectivity index (χ4n) is 4.80. The summed E-state index contributed by atoms with van der Waals surface area (Å²) in [5, 5.41) is 16.1. The molecular formula is C28H33N7O3. The minimum Gasteiger partial charge on any atom is -0.494 e. The molecule has 38 heavy (non-hydrogen) atoms. The van der Waals surface area contributed by atoms with Crippen LogP contribution in [0.2, 0.25) is 0 Å². The van der Waals surface area contributed by atoms with Crippen molar-refractivity contribution in [3.05, 3.63) is 66.9 Å². The number of carbonyl (C=O) groups excluding carboxylic acids is 1. The summed E-state index contributed by atoms with van der Waals surface area (Å²) in [6, 6.07) is 13.1. The second kappa shape index (κ2) is 11.0. The van der Waals surface area contributed by atoms with Crippen molar-refractivity contribution >= 4 is 40.5 Å². The van der Waals surface area contributed by atoms with Gasteiger partial charge in [-0.25, -0.2) is 14.7 Å². The Bertz CT molecular complexity index is 1330. The molecule has 5 rings (SSSR count). The van der Waals surface area contributed by atoms with E-state index in [-0.39, 0.29) is 6.03 Å². The minimum atomic E-state index is -0.910. The number of ether oxygens (including phenoxy) is 1. The lowest BCUT2D eigenvalue weighted by atomic mass is 10.1. The van der Waals surface area contributed by atoms with Crippen LogP contribution in [0.4, 0.5) is 39.3 Å². The lowest BCUT2D eigenvalue weighted by molar-refractivity contribution is 0.213. The lowest BCUT2D eigenvalue weighted by Crippen LogP contribution is -2.43. The van der Waals surface area contributed by atoms with Gasteiger partial charge in [-0.05, 0) is 55.7 Å². The Labute approximate surface area is 222 Å². The topological polar surface area (TPSA) is 106 Å². The van der Waals surface area contributed by atoms with Crippen LogP contribution in [-0.4, -0.2) is 59.5 Å². The standard InChI is InChI=1S/C28H33N7O3/c1-4-25(36)30-20-9-8-10-22(15-20)35-26-19(18-33(2)28(35)37)17-29-27(32-26)31-23-12-11-21(16-24(23)38-3)34-13-6-5-7-14-34/h4,8-12,15-17,25,30,36H,1,5-7,13-14,18H2,2-3H3,(H,29,31,32). The molecule has 2 aliphatic rings. The number of benzene rings is 2. The Morgan fingerprint density at radius 3 is 2.71 bits per heavy atom. The van der Waals surface area contributed by atoms with Gasteiger partial charge in [0.25, 0.3) is 0 Å². The molecule has 2 aromatic carbocycles. The number of piperidine rings is 1. The fraction of sp³-hybridized carbons (Fsp3) is 0.321. The molecule has 10 nitrogen and oxygen atoms in total. The fourth-order valence-corrected chi connectivity index (χ4v) is 4.80. The summed E-state index contributed by atoms with van der Waals surface area (Å²) in [5.41, 5.74) is 3.94.